The SMILES string of the molecule is CC(C)(CCC(=O)O)NC(=O)COc1ccccc1O. The summed E-state index contributed by atoms with van der Waals surface area (Å²) in [4.78, 5) is 22.2. The van der Waals surface area contributed by atoms with Crippen LogP contribution in [0.15, 0.2) is 24.3 Å². The van der Waals surface area contributed by atoms with Gasteiger partial charge in [0, 0.05) is 12.0 Å². The van der Waals surface area contributed by atoms with Crippen molar-refractivity contribution in [3.63, 3.8) is 0 Å². The Morgan fingerprint density at radius 2 is 1.95 bits per heavy atom. The number of rotatable bonds is 7. The second-order valence-corrected chi connectivity index (χ2v) is 5.08. The van der Waals surface area contributed by atoms with Gasteiger partial charge in [-0.15, -0.1) is 0 Å². The van der Waals surface area contributed by atoms with Gasteiger partial charge in [-0.1, -0.05) is 12.1 Å². The molecule has 0 heterocycles. The standard InChI is InChI=1S/C14H19NO5/c1-14(2,8-7-13(18)19)15-12(17)9-20-11-6-4-3-5-10(11)16/h3-6,16H,7-9H2,1-2H3,(H,15,17)(H,18,19). The number of ether oxygens (including phenoxy) is 1. The van der Waals surface area contributed by atoms with E-state index >= 15 is 0 Å². The highest BCUT2D eigenvalue weighted by molar-refractivity contribution is 5.78. The van der Waals surface area contributed by atoms with E-state index in [-0.39, 0.29) is 30.4 Å². The first-order valence-corrected chi connectivity index (χ1v) is 6.24. The zero-order valence-corrected chi connectivity index (χ0v) is 11.5. The second-order valence-electron chi connectivity index (χ2n) is 5.08. The van der Waals surface area contributed by atoms with E-state index in [1.807, 2.05) is 0 Å². The van der Waals surface area contributed by atoms with E-state index in [2.05, 4.69) is 5.32 Å². The number of phenolic OH excluding ortho intramolecular Hbond substituents is 1. The molecule has 0 aromatic heterocycles. The van der Waals surface area contributed by atoms with Gasteiger partial charge in [0.25, 0.3) is 5.91 Å². The van der Waals surface area contributed by atoms with Crippen molar-refractivity contribution in [2.45, 2.75) is 32.2 Å². The van der Waals surface area contributed by atoms with E-state index in [9.17, 15) is 14.7 Å². The molecular formula is C14H19NO5. The second kappa shape index (κ2) is 6.79. The Kier molecular flexibility index (Phi) is 5.37. The number of carbonyl (C=O) groups is 2. The third kappa shape index (κ3) is 5.60. The van der Waals surface area contributed by atoms with Crippen LogP contribution < -0.4 is 10.1 Å². The van der Waals surface area contributed by atoms with Crippen LogP contribution in [0, 0.1) is 0 Å². The molecule has 0 aliphatic rings. The van der Waals surface area contributed by atoms with Crippen molar-refractivity contribution in [2.75, 3.05) is 6.61 Å². The van der Waals surface area contributed by atoms with Gasteiger partial charge in [-0.3, -0.25) is 9.59 Å². The van der Waals surface area contributed by atoms with Crippen LogP contribution in [0.3, 0.4) is 0 Å². The molecule has 3 N–H and O–H groups in total. The molecule has 1 rings (SSSR count). The molecule has 6 heteroatoms. The number of hydrogen-bond donors (Lipinski definition) is 3. The predicted octanol–water partition coefficient (Wildman–Crippen LogP) is 1.53. The van der Waals surface area contributed by atoms with Gasteiger partial charge in [0.1, 0.15) is 0 Å². The van der Waals surface area contributed by atoms with Crippen molar-refractivity contribution in [3.05, 3.63) is 24.3 Å². The Balaban J connectivity index is 2.43. The number of carboxylic acid groups (broad SMARTS) is 1. The molecule has 0 bridgehead atoms. The number of carboxylic acids is 1. The van der Waals surface area contributed by atoms with Crippen molar-refractivity contribution in [1.82, 2.24) is 5.32 Å². The molecule has 0 spiro atoms. The van der Waals surface area contributed by atoms with Gasteiger partial charge in [-0.25, -0.2) is 0 Å². The summed E-state index contributed by atoms with van der Waals surface area (Å²) in [5.74, 6) is -1.09. The molecule has 20 heavy (non-hydrogen) atoms. The van der Waals surface area contributed by atoms with E-state index in [1.54, 1.807) is 32.0 Å². The lowest BCUT2D eigenvalue weighted by molar-refractivity contribution is -0.138. The molecule has 0 unspecified atom stereocenters. The van der Waals surface area contributed by atoms with Gasteiger partial charge in [-0.2, -0.15) is 0 Å². The van der Waals surface area contributed by atoms with Crippen LogP contribution in [0.25, 0.3) is 0 Å². The summed E-state index contributed by atoms with van der Waals surface area (Å²) >= 11 is 0. The highest BCUT2D eigenvalue weighted by Crippen LogP contribution is 2.24. The molecule has 0 saturated heterocycles. The topological polar surface area (TPSA) is 95.9 Å². The maximum Gasteiger partial charge on any atom is 0.303 e. The average Bonchev–Trinajstić information content (AvgIpc) is 2.35. The highest BCUT2D eigenvalue weighted by atomic mass is 16.5. The number of carbonyl (C=O) groups excluding carboxylic acids is 1. The lowest BCUT2D eigenvalue weighted by atomic mass is 9.98. The van der Waals surface area contributed by atoms with E-state index in [0.717, 1.165) is 0 Å². The van der Waals surface area contributed by atoms with Crippen LogP contribution in [0.2, 0.25) is 0 Å². The average molecular weight is 281 g/mol. The molecule has 1 amide bonds. The molecular weight excluding hydrogens is 262 g/mol. The maximum atomic E-state index is 11.7. The van der Waals surface area contributed by atoms with Crippen LogP contribution in [-0.2, 0) is 9.59 Å². The maximum absolute atomic E-state index is 11.7. The summed E-state index contributed by atoms with van der Waals surface area (Å²) in [7, 11) is 0. The molecule has 1 aromatic carbocycles. The first-order valence-electron chi connectivity index (χ1n) is 6.24. The van der Waals surface area contributed by atoms with Gasteiger partial charge in [0.15, 0.2) is 18.1 Å². The molecule has 6 nitrogen and oxygen atoms in total. The van der Waals surface area contributed by atoms with Crippen molar-refractivity contribution in [1.29, 1.82) is 0 Å². The van der Waals surface area contributed by atoms with Crippen LogP contribution >= 0.6 is 0 Å². The Hall–Kier alpha value is -2.24. The molecule has 0 aliphatic heterocycles. The fourth-order valence-corrected chi connectivity index (χ4v) is 1.62. The highest BCUT2D eigenvalue weighted by Gasteiger charge is 2.21. The number of para-hydroxylation sites is 2. The largest absolute Gasteiger partial charge is 0.504 e. The van der Waals surface area contributed by atoms with E-state index in [4.69, 9.17) is 9.84 Å². The Morgan fingerprint density at radius 1 is 1.30 bits per heavy atom. The summed E-state index contributed by atoms with van der Waals surface area (Å²) in [5.41, 5.74) is -0.627. The summed E-state index contributed by atoms with van der Waals surface area (Å²) in [5, 5.41) is 20.8. The number of nitrogens with one attached hydrogen (secondary N) is 1. The lowest BCUT2D eigenvalue weighted by Crippen LogP contribution is -2.45. The quantitative estimate of drug-likeness (QED) is 0.704. The molecule has 1 aromatic rings. The Labute approximate surface area is 117 Å². The zero-order valence-electron chi connectivity index (χ0n) is 11.5. The third-order valence-electron chi connectivity index (χ3n) is 2.67. The van der Waals surface area contributed by atoms with Gasteiger partial charge < -0.3 is 20.3 Å². The fourth-order valence-electron chi connectivity index (χ4n) is 1.62. The van der Waals surface area contributed by atoms with Crippen molar-refractivity contribution in [2.24, 2.45) is 0 Å². The van der Waals surface area contributed by atoms with Gasteiger partial charge in [0.05, 0.1) is 0 Å². The van der Waals surface area contributed by atoms with Gasteiger partial charge >= 0.3 is 5.97 Å². The van der Waals surface area contributed by atoms with Gasteiger partial charge in [0.2, 0.25) is 0 Å². The molecule has 0 saturated carbocycles. The van der Waals surface area contributed by atoms with E-state index in [0.29, 0.717) is 6.42 Å². The third-order valence-corrected chi connectivity index (χ3v) is 2.67. The lowest BCUT2D eigenvalue weighted by Gasteiger charge is -2.25. The minimum absolute atomic E-state index is 0.0202. The fraction of sp³-hybridized carbons (Fsp3) is 0.429. The minimum Gasteiger partial charge on any atom is -0.504 e. The van der Waals surface area contributed by atoms with Crippen LogP contribution in [0.5, 0.6) is 11.5 Å². The summed E-state index contributed by atoms with van der Waals surface area (Å²) in [6.07, 6.45) is 0.304. The van der Waals surface area contributed by atoms with Crippen LogP contribution in [0.1, 0.15) is 26.7 Å². The minimum atomic E-state index is -0.905. The summed E-state index contributed by atoms with van der Waals surface area (Å²) in [6.45, 7) is 3.25. The molecule has 0 atom stereocenters. The number of aliphatic carboxylic acids is 1. The molecule has 0 fully saturated rings. The van der Waals surface area contributed by atoms with Crippen molar-refractivity contribution in [3.8, 4) is 11.5 Å². The van der Waals surface area contributed by atoms with Gasteiger partial charge in [-0.05, 0) is 32.4 Å². The van der Waals surface area contributed by atoms with Crippen molar-refractivity contribution >= 4 is 11.9 Å². The summed E-state index contributed by atoms with van der Waals surface area (Å²) in [6, 6.07) is 6.35. The van der Waals surface area contributed by atoms with Crippen LogP contribution in [-0.4, -0.2) is 34.2 Å². The van der Waals surface area contributed by atoms with Crippen molar-refractivity contribution < 1.29 is 24.5 Å². The molecule has 0 aliphatic carbocycles. The number of aromatic hydroxyl groups is 1. The molecule has 0 radical (unpaired) electrons. The molecule has 110 valence electrons. The first kappa shape index (κ1) is 15.8. The zero-order chi connectivity index (χ0) is 15.2. The predicted molar refractivity (Wildman–Crippen MR) is 72.7 cm³/mol. The van der Waals surface area contributed by atoms with Crippen LogP contribution in [0.4, 0.5) is 0 Å². The van der Waals surface area contributed by atoms with E-state index in [1.165, 1.54) is 6.07 Å². The normalized spacial score (nSPS) is 10.9. The van der Waals surface area contributed by atoms with E-state index < -0.39 is 11.5 Å². The number of amides is 1. The number of hydrogen-bond acceptors (Lipinski definition) is 4. The number of benzene rings is 1. The first-order chi connectivity index (χ1) is 9.30. The smallest absolute Gasteiger partial charge is 0.303 e. The summed E-state index contributed by atoms with van der Waals surface area (Å²) < 4.78 is 5.19. The monoisotopic (exact) mass is 281 g/mol. The Bertz CT molecular complexity index is 484. The number of phenols is 1. The Morgan fingerprint density at radius 3 is 2.55 bits per heavy atom.